The number of hydrogen-bond acceptors (Lipinski definition) is 8. The largest absolute Gasteiger partial charge is 0.449 e. The Morgan fingerprint density at radius 1 is 1.18 bits per heavy atom. The van der Waals surface area contributed by atoms with Crippen LogP contribution in [0.4, 0.5) is 10.5 Å². The highest BCUT2D eigenvalue weighted by Crippen LogP contribution is 2.40. The minimum Gasteiger partial charge on any atom is -0.449 e. The van der Waals surface area contributed by atoms with Crippen molar-refractivity contribution < 1.29 is 13.9 Å². The van der Waals surface area contributed by atoms with Crippen molar-refractivity contribution >= 4 is 22.7 Å². The Morgan fingerprint density at radius 3 is 2.73 bits per heavy atom. The zero-order valence-electron chi connectivity index (χ0n) is 18.8. The first-order valence-corrected chi connectivity index (χ1v) is 10.7. The molecule has 168 valence electrons. The van der Waals surface area contributed by atoms with Gasteiger partial charge in [0.05, 0.1) is 23.6 Å². The van der Waals surface area contributed by atoms with Gasteiger partial charge in [0.2, 0.25) is 0 Å². The van der Waals surface area contributed by atoms with Crippen LogP contribution in [0.25, 0.3) is 22.6 Å². The lowest BCUT2D eigenvalue weighted by Crippen LogP contribution is -2.27. The van der Waals surface area contributed by atoms with Gasteiger partial charge in [-0.25, -0.2) is 14.8 Å². The zero-order chi connectivity index (χ0) is 23.2. The van der Waals surface area contributed by atoms with Crippen LogP contribution in [0.3, 0.4) is 0 Å². The van der Waals surface area contributed by atoms with Gasteiger partial charge in [-0.1, -0.05) is 19.1 Å². The molecule has 1 aliphatic rings. The quantitative estimate of drug-likeness (QED) is 0.435. The van der Waals surface area contributed by atoms with Gasteiger partial charge in [-0.15, -0.1) is 0 Å². The molecule has 4 heterocycles. The fourth-order valence-corrected chi connectivity index (χ4v) is 3.82. The third kappa shape index (κ3) is 3.97. The topological polar surface area (TPSA) is 108 Å². The van der Waals surface area contributed by atoms with E-state index in [9.17, 15) is 4.79 Å². The Morgan fingerprint density at radius 2 is 1.97 bits per heavy atom. The summed E-state index contributed by atoms with van der Waals surface area (Å²) in [7, 11) is 0. The molecule has 5 rings (SSSR count). The van der Waals surface area contributed by atoms with Crippen LogP contribution >= 0.6 is 0 Å². The third-order valence-electron chi connectivity index (χ3n) is 5.27. The van der Waals surface area contributed by atoms with Crippen LogP contribution in [0.15, 0.2) is 59.7 Å². The minimum atomic E-state index is -0.612. The summed E-state index contributed by atoms with van der Waals surface area (Å²) in [6.45, 7) is 7.53. The van der Waals surface area contributed by atoms with Gasteiger partial charge in [0, 0.05) is 41.7 Å². The second kappa shape index (κ2) is 7.84. The van der Waals surface area contributed by atoms with Crippen molar-refractivity contribution in [3.8, 4) is 11.6 Å². The molecule has 4 aromatic heterocycles. The summed E-state index contributed by atoms with van der Waals surface area (Å²) in [4.78, 5) is 25.5. The number of carbonyl (C=O) groups is 1. The number of hydrogen-bond donors (Lipinski definition) is 1. The zero-order valence-corrected chi connectivity index (χ0v) is 18.8. The van der Waals surface area contributed by atoms with Crippen LogP contribution in [-0.2, 0) is 4.74 Å². The van der Waals surface area contributed by atoms with Crippen LogP contribution in [0.2, 0.25) is 0 Å². The predicted octanol–water partition coefficient (Wildman–Crippen LogP) is 5.09. The van der Waals surface area contributed by atoms with E-state index < -0.39 is 11.7 Å². The summed E-state index contributed by atoms with van der Waals surface area (Å²) in [5.74, 6) is 1.05. The molecule has 33 heavy (non-hydrogen) atoms. The van der Waals surface area contributed by atoms with Crippen molar-refractivity contribution in [1.29, 1.82) is 0 Å². The van der Waals surface area contributed by atoms with Crippen LogP contribution in [0.5, 0.6) is 0 Å². The highest BCUT2D eigenvalue weighted by atomic mass is 16.6. The summed E-state index contributed by atoms with van der Waals surface area (Å²) < 4.78 is 12.8. The first-order chi connectivity index (χ1) is 15.8. The van der Waals surface area contributed by atoms with Gasteiger partial charge < -0.3 is 14.5 Å². The molecule has 0 aliphatic heterocycles. The van der Waals surface area contributed by atoms with Crippen molar-refractivity contribution in [2.24, 2.45) is 0 Å². The molecule has 0 radical (unpaired) electrons. The number of aromatic nitrogens is 5. The minimum absolute atomic E-state index is 0.0592. The fraction of sp³-hybridized carbons (Fsp3) is 0.292. The highest BCUT2D eigenvalue weighted by Gasteiger charge is 2.29. The molecule has 4 aromatic rings. The lowest BCUT2D eigenvalue weighted by Gasteiger charge is -2.22. The number of allylic oxidation sites excluding steroid dienone is 1. The van der Waals surface area contributed by atoms with E-state index >= 15 is 0 Å². The van der Waals surface area contributed by atoms with Crippen LogP contribution in [0.1, 0.15) is 50.9 Å². The maximum atomic E-state index is 12.6. The van der Waals surface area contributed by atoms with Gasteiger partial charge in [-0.05, 0) is 32.9 Å². The summed E-state index contributed by atoms with van der Waals surface area (Å²) in [6, 6.07) is 3.39. The maximum Gasteiger partial charge on any atom is 0.435 e. The molecular formula is C24H24N6O3. The van der Waals surface area contributed by atoms with E-state index in [0.29, 0.717) is 17.2 Å². The fourth-order valence-electron chi connectivity index (χ4n) is 3.82. The van der Waals surface area contributed by atoms with Crippen molar-refractivity contribution in [3.63, 3.8) is 0 Å². The van der Waals surface area contributed by atoms with Gasteiger partial charge in [0.25, 0.3) is 0 Å². The summed E-state index contributed by atoms with van der Waals surface area (Å²) in [5, 5.41) is 8.95. The molecule has 2 unspecified atom stereocenters. The Labute approximate surface area is 190 Å². The molecule has 2 atom stereocenters. The Bertz CT molecular complexity index is 1350. The number of ether oxygens (including phenoxy) is 1. The molecule has 1 N–H and O–H groups in total. The number of rotatable bonds is 3. The lowest BCUT2D eigenvalue weighted by atomic mass is 9.92. The summed E-state index contributed by atoms with van der Waals surface area (Å²) in [6.07, 6.45) is 12.1. The van der Waals surface area contributed by atoms with Crippen molar-refractivity contribution in [2.75, 3.05) is 5.32 Å². The number of nitrogens with zero attached hydrogens (tertiary/aromatic N) is 5. The molecule has 9 nitrogen and oxygen atoms in total. The molecule has 9 heteroatoms. The van der Waals surface area contributed by atoms with E-state index in [-0.39, 0.29) is 12.0 Å². The maximum absolute atomic E-state index is 12.6. The predicted molar refractivity (Wildman–Crippen MR) is 123 cm³/mol. The number of pyridine rings is 1. The Hall–Kier alpha value is -4.01. The van der Waals surface area contributed by atoms with Gasteiger partial charge in [0.15, 0.2) is 17.2 Å². The smallest absolute Gasteiger partial charge is 0.435 e. The average Bonchev–Trinajstić information content (AvgIpc) is 3.39. The lowest BCUT2D eigenvalue weighted by molar-refractivity contribution is 0.0513. The molecule has 1 aliphatic carbocycles. The number of nitrogens with one attached hydrogen (secondary N) is 1. The van der Waals surface area contributed by atoms with E-state index in [1.165, 1.54) is 4.68 Å². The average molecular weight is 444 g/mol. The van der Waals surface area contributed by atoms with Crippen LogP contribution in [0, 0.1) is 0 Å². The Kier molecular flexibility index (Phi) is 4.96. The first-order valence-electron chi connectivity index (χ1n) is 10.7. The van der Waals surface area contributed by atoms with Crippen molar-refractivity contribution in [2.45, 2.75) is 45.3 Å². The second-order valence-electron chi connectivity index (χ2n) is 8.94. The van der Waals surface area contributed by atoms with Crippen molar-refractivity contribution in [3.05, 3.63) is 66.5 Å². The molecular weight excluding hydrogens is 420 g/mol. The van der Waals surface area contributed by atoms with Gasteiger partial charge >= 0.3 is 6.09 Å². The normalized spacial score (nSPS) is 17.7. The molecule has 0 amide bonds. The molecule has 0 saturated carbocycles. The number of carbonyl (C=O) groups excluding carboxylic acids is 1. The first kappa shape index (κ1) is 20.9. The second-order valence-corrected chi connectivity index (χ2v) is 8.94. The van der Waals surface area contributed by atoms with E-state index in [0.717, 1.165) is 22.3 Å². The standard InChI is InChI=1S/C24H24N6O3/c1-14-6-7-17(16-13-30(29-19(14)16)23(31)33-24(2,3)4)28-20-15-8-11-25-12-18(15)32-21(20)22-26-9-5-10-27-22/h5-14,17,28H,1-4H3. The van der Waals surface area contributed by atoms with Gasteiger partial charge in [-0.3, -0.25) is 4.98 Å². The van der Waals surface area contributed by atoms with Crippen LogP contribution in [-0.4, -0.2) is 36.4 Å². The van der Waals surface area contributed by atoms with Crippen molar-refractivity contribution in [1.82, 2.24) is 24.7 Å². The van der Waals surface area contributed by atoms with E-state index in [1.807, 2.05) is 33.8 Å². The highest BCUT2D eigenvalue weighted by molar-refractivity contribution is 5.97. The number of anilines is 1. The number of fused-ring (bicyclic) bond motifs is 2. The van der Waals surface area contributed by atoms with Gasteiger partial charge in [0.1, 0.15) is 5.60 Å². The summed E-state index contributed by atoms with van der Waals surface area (Å²) in [5.41, 5.74) is 2.46. The monoisotopic (exact) mass is 444 g/mol. The molecule has 0 bridgehead atoms. The summed E-state index contributed by atoms with van der Waals surface area (Å²) >= 11 is 0. The third-order valence-corrected chi connectivity index (χ3v) is 5.27. The molecule has 0 fully saturated rings. The molecule has 0 saturated heterocycles. The Balaban J connectivity index is 1.55. The van der Waals surface area contributed by atoms with Gasteiger partial charge in [-0.2, -0.15) is 9.78 Å². The SMILES string of the molecule is CC1C=CC(Nc2c(-c3ncccn3)oc3cnccc23)c2cn(C(=O)OC(C)(C)C)nc21. The van der Waals surface area contributed by atoms with E-state index in [4.69, 9.17) is 9.15 Å². The van der Waals surface area contributed by atoms with E-state index in [2.05, 4.69) is 37.5 Å². The van der Waals surface area contributed by atoms with E-state index in [1.54, 1.807) is 37.1 Å². The molecule has 0 aromatic carbocycles. The molecule has 0 spiro atoms. The number of furan rings is 1. The van der Waals surface area contributed by atoms with Crippen LogP contribution < -0.4 is 5.32 Å².